The van der Waals surface area contributed by atoms with Gasteiger partial charge in [-0.3, -0.25) is 18.2 Å². The van der Waals surface area contributed by atoms with Crippen molar-refractivity contribution in [2.75, 3.05) is 83.4 Å². The number of hydrogen-bond donors (Lipinski definition) is 6. The Morgan fingerprint density at radius 1 is 0.532 bits per heavy atom. The van der Waals surface area contributed by atoms with E-state index in [4.69, 9.17) is 21.4 Å². The zero-order valence-electron chi connectivity index (χ0n) is 33.3. The second kappa shape index (κ2) is 18.3. The van der Waals surface area contributed by atoms with E-state index >= 15 is 0 Å². The van der Waals surface area contributed by atoms with E-state index in [1.807, 2.05) is 27.7 Å². The molecule has 1 saturated heterocycles. The molecule has 2 aromatic carbocycles. The number of hydrogen-bond acceptors (Lipinski definition) is 22. The highest BCUT2D eigenvalue weighted by Gasteiger charge is 2.29. The largest absolute Gasteiger partial charge is 0.382 e. The molecule has 3 heterocycles. The van der Waals surface area contributed by atoms with Gasteiger partial charge in [0.25, 0.3) is 40.5 Å². The molecule has 1 aliphatic rings. The van der Waals surface area contributed by atoms with Crippen molar-refractivity contribution < 1.29 is 51.9 Å². The molecule has 30 heteroatoms. The van der Waals surface area contributed by atoms with Crippen molar-refractivity contribution >= 4 is 98.4 Å². The number of piperazine rings is 1. The first-order valence-electron chi connectivity index (χ1n) is 18.3. The second-order valence-electron chi connectivity index (χ2n) is 13.0. The lowest BCUT2D eigenvalue weighted by molar-refractivity contribution is 0.478. The van der Waals surface area contributed by atoms with Crippen LogP contribution in [-0.4, -0.2) is 124 Å². The van der Waals surface area contributed by atoms with Crippen LogP contribution in [0.2, 0.25) is 0 Å². The zero-order valence-corrected chi connectivity index (χ0v) is 36.6. The molecule has 62 heavy (non-hydrogen) atoms. The van der Waals surface area contributed by atoms with E-state index in [2.05, 4.69) is 30.4 Å². The van der Waals surface area contributed by atoms with E-state index in [0.29, 0.717) is 38.3 Å². The van der Waals surface area contributed by atoms with Gasteiger partial charge in [0.2, 0.25) is 11.9 Å². The lowest BCUT2D eigenvalue weighted by atomic mass is 10.2. The predicted octanol–water partition coefficient (Wildman–Crippen LogP) is 3.27. The third-order valence-electron chi connectivity index (χ3n) is 9.26. The molecule has 1 fully saturated rings. The van der Waals surface area contributed by atoms with Gasteiger partial charge in [0.05, 0.1) is 9.79 Å². The smallest absolute Gasteiger partial charge is 0.296 e. The summed E-state index contributed by atoms with van der Waals surface area (Å²) < 4.78 is 135. The van der Waals surface area contributed by atoms with Crippen molar-refractivity contribution in [1.82, 2.24) is 19.9 Å². The molecule has 4 aromatic rings. The Bertz CT molecular complexity index is 2670. The Labute approximate surface area is 356 Å². The number of aromatic nitrogens is 4. The maximum absolute atomic E-state index is 12.2. The third-order valence-corrected chi connectivity index (χ3v) is 12.8. The molecule has 8 N–H and O–H groups in total. The van der Waals surface area contributed by atoms with Gasteiger partial charge in [-0.2, -0.15) is 53.6 Å². The topological polar surface area (TPSA) is 383 Å². The lowest BCUT2D eigenvalue weighted by Gasteiger charge is -2.37. The van der Waals surface area contributed by atoms with Crippen LogP contribution < -0.4 is 31.1 Å². The highest BCUT2D eigenvalue weighted by molar-refractivity contribution is 7.87. The monoisotopic (exact) mass is 942 g/mol. The van der Waals surface area contributed by atoms with E-state index in [-0.39, 0.29) is 72.7 Å². The first-order chi connectivity index (χ1) is 28.9. The Balaban J connectivity index is 1.60. The molecule has 1 aliphatic heterocycles. The molecule has 336 valence electrons. The van der Waals surface area contributed by atoms with Crippen LogP contribution in [0.3, 0.4) is 0 Å². The molecule has 0 amide bonds. The fourth-order valence-corrected chi connectivity index (χ4v) is 8.28. The van der Waals surface area contributed by atoms with Gasteiger partial charge in [0, 0.05) is 52.4 Å². The summed E-state index contributed by atoms with van der Waals surface area (Å²) >= 11 is 0. The number of nitrogen functional groups attached to an aromatic ring is 2. The zero-order chi connectivity index (χ0) is 45.9. The van der Waals surface area contributed by atoms with Gasteiger partial charge in [-0.15, -0.1) is 20.5 Å². The SMILES string of the molecule is CCN(CC)c1nc(N)c(/N=N/c2cc(S(=O)(=O)O)ccc2S(=O)(=O)O)c(N2CCN(c3nc(N(CC)CC)nc(N)c3/N=N/c3cc(S(=O)(=O)O)ccc3S(=O)(=O)O)CC2)n1. The number of nitrogens with zero attached hydrogens (tertiary/aromatic N) is 12. The second-order valence-corrected chi connectivity index (χ2v) is 18.7. The predicted molar refractivity (Wildman–Crippen MR) is 225 cm³/mol. The minimum Gasteiger partial charge on any atom is -0.382 e. The standard InChI is InChI=1S/C32H42N14O12S4/c1-5-43(6-2)31-35-27(33)25(41-39-21-17-19(59(47,48)49)9-11-23(21)61(53,54)55)29(37-31)45-13-15-46(16-14-45)30-26(28(34)36-32(38-30)44(7-3)8-4)42-40-22-18-20(60(50,51)52)10-12-24(22)62(56,57)58/h9-12,17-18H,5-8,13-16H2,1-4H3,(H2,33,35,37)(H2,34,36,38)(H,47,48,49)(H,50,51,52)(H,53,54,55)(H,56,57,58)/b41-39+,42-40+. The molecule has 0 atom stereocenters. The van der Waals surface area contributed by atoms with Crippen LogP contribution in [0, 0.1) is 0 Å². The van der Waals surface area contributed by atoms with E-state index in [0.717, 1.165) is 24.3 Å². The Morgan fingerprint density at radius 3 is 1.13 bits per heavy atom. The van der Waals surface area contributed by atoms with Gasteiger partial charge in [0.15, 0.2) is 34.6 Å². The van der Waals surface area contributed by atoms with Crippen molar-refractivity contribution in [3.8, 4) is 0 Å². The number of nitrogens with two attached hydrogens (primary N) is 2. The van der Waals surface area contributed by atoms with Crippen LogP contribution in [0.4, 0.5) is 57.9 Å². The van der Waals surface area contributed by atoms with Crippen LogP contribution in [0.5, 0.6) is 0 Å². The molecule has 0 bridgehead atoms. The Kier molecular flexibility index (Phi) is 14.0. The van der Waals surface area contributed by atoms with Gasteiger partial charge in [-0.25, -0.2) is 0 Å². The average molecular weight is 943 g/mol. The van der Waals surface area contributed by atoms with Gasteiger partial charge >= 0.3 is 0 Å². The van der Waals surface area contributed by atoms with Crippen LogP contribution in [0.15, 0.2) is 76.4 Å². The Hall–Kier alpha value is -5.76. The van der Waals surface area contributed by atoms with Gasteiger partial charge < -0.3 is 31.1 Å². The Morgan fingerprint density at radius 2 is 0.855 bits per heavy atom. The minimum atomic E-state index is -4.98. The van der Waals surface area contributed by atoms with Crippen LogP contribution in [0.25, 0.3) is 0 Å². The first-order valence-corrected chi connectivity index (χ1v) is 24.0. The van der Waals surface area contributed by atoms with Crippen molar-refractivity contribution in [1.29, 1.82) is 0 Å². The highest BCUT2D eigenvalue weighted by atomic mass is 32.2. The molecule has 2 aromatic heterocycles. The molecule has 0 spiro atoms. The van der Waals surface area contributed by atoms with Crippen LogP contribution in [-0.2, 0) is 40.5 Å². The molecule has 5 rings (SSSR count). The van der Waals surface area contributed by atoms with Crippen molar-refractivity contribution in [3.63, 3.8) is 0 Å². The summed E-state index contributed by atoms with van der Waals surface area (Å²) in [5, 5.41) is 16.0. The van der Waals surface area contributed by atoms with Gasteiger partial charge in [-0.05, 0) is 64.1 Å². The summed E-state index contributed by atoms with van der Waals surface area (Å²) in [5.41, 5.74) is 11.2. The molecular formula is C32H42N14O12S4. The first kappa shape index (κ1) is 47.3. The third kappa shape index (κ3) is 10.6. The van der Waals surface area contributed by atoms with Crippen molar-refractivity contribution in [2.45, 2.75) is 47.3 Å². The van der Waals surface area contributed by atoms with Crippen LogP contribution in [0.1, 0.15) is 27.7 Å². The van der Waals surface area contributed by atoms with Crippen molar-refractivity contribution in [3.05, 3.63) is 36.4 Å². The number of anilines is 6. The average Bonchev–Trinajstić information content (AvgIpc) is 3.19. The molecular weight excluding hydrogens is 901 g/mol. The molecule has 0 unspecified atom stereocenters. The van der Waals surface area contributed by atoms with Gasteiger partial charge in [-0.1, -0.05) is 0 Å². The molecule has 0 radical (unpaired) electrons. The summed E-state index contributed by atoms with van der Waals surface area (Å²) in [4.78, 5) is 22.1. The van der Waals surface area contributed by atoms with E-state index in [1.165, 1.54) is 0 Å². The maximum Gasteiger partial charge on any atom is 0.296 e. The summed E-state index contributed by atoms with van der Waals surface area (Å²) in [6, 6.07) is 4.32. The molecule has 26 nitrogen and oxygen atoms in total. The van der Waals surface area contributed by atoms with E-state index in [9.17, 15) is 51.9 Å². The van der Waals surface area contributed by atoms with Crippen LogP contribution >= 0.6 is 0 Å². The minimum absolute atomic E-state index is 0.115. The number of benzene rings is 2. The van der Waals surface area contributed by atoms with Gasteiger partial charge in [0.1, 0.15) is 21.2 Å². The molecule has 0 aliphatic carbocycles. The number of rotatable bonds is 16. The fourth-order valence-electron chi connectivity index (χ4n) is 6.07. The quantitative estimate of drug-likeness (QED) is 0.0693. The highest BCUT2D eigenvalue weighted by Crippen LogP contribution is 2.40. The van der Waals surface area contributed by atoms with E-state index in [1.54, 1.807) is 19.6 Å². The van der Waals surface area contributed by atoms with Crippen molar-refractivity contribution in [2.24, 2.45) is 20.5 Å². The summed E-state index contributed by atoms with van der Waals surface area (Å²) in [5.74, 6) is 0.218. The number of azo groups is 2. The maximum atomic E-state index is 12.2. The summed E-state index contributed by atoms with van der Waals surface area (Å²) in [7, 11) is -19.6. The molecule has 0 saturated carbocycles. The normalized spacial score (nSPS) is 14.3. The summed E-state index contributed by atoms with van der Waals surface area (Å²) in [6.07, 6.45) is 0. The lowest BCUT2D eigenvalue weighted by Crippen LogP contribution is -2.47. The summed E-state index contributed by atoms with van der Waals surface area (Å²) in [6.45, 7) is 9.85. The van der Waals surface area contributed by atoms with E-state index < -0.39 is 71.4 Å². The fraction of sp³-hybridized carbons (Fsp3) is 0.375.